The first-order valence-electron chi connectivity index (χ1n) is 14.8. The molecule has 3 fully saturated rings. The summed E-state index contributed by atoms with van der Waals surface area (Å²) in [6.45, 7) is 7.89. The molecule has 3 saturated heterocycles. The molecule has 1 aromatic carbocycles. The van der Waals surface area contributed by atoms with Crippen LogP contribution in [0.15, 0.2) is 35.6 Å². The van der Waals surface area contributed by atoms with Gasteiger partial charge in [0.25, 0.3) is 5.91 Å². The van der Waals surface area contributed by atoms with Crippen molar-refractivity contribution in [3.05, 3.63) is 41.7 Å². The zero-order valence-corrected chi connectivity index (χ0v) is 27.3. The third kappa shape index (κ3) is 5.69. The molecular formula is C29H34Cl3N7O7. The van der Waals surface area contributed by atoms with Crippen molar-refractivity contribution < 1.29 is 33.8 Å². The van der Waals surface area contributed by atoms with Gasteiger partial charge < -0.3 is 35.4 Å². The Hall–Kier alpha value is -3.46. The number of fused-ring (bicyclic) bond motifs is 1. The van der Waals surface area contributed by atoms with Crippen LogP contribution in [0.2, 0.25) is 0 Å². The summed E-state index contributed by atoms with van der Waals surface area (Å²) in [4.78, 5) is 59.1. The van der Waals surface area contributed by atoms with E-state index in [1.807, 2.05) is 6.07 Å². The van der Waals surface area contributed by atoms with E-state index in [2.05, 4.69) is 41.7 Å². The Morgan fingerprint density at radius 3 is 2.65 bits per heavy atom. The zero-order chi connectivity index (χ0) is 33.2. The highest BCUT2D eigenvalue weighted by Crippen LogP contribution is 2.42. The highest BCUT2D eigenvalue weighted by Gasteiger charge is 2.66. The lowest BCUT2D eigenvalue weighted by molar-refractivity contribution is -0.139. The lowest BCUT2D eigenvalue weighted by Crippen LogP contribution is -2.74. The average molecular weight is 699 g/mol. The fourth-order valence-corrected chi connectivity index (χ4v) is 7.03. The summed E-state index contributed by atoms with van der Waals surface area (Å²) >= 11 is 17.2. The maximum atomic E-state index is 13.8. The molecule has 0 aliphatic carbocycles. The van der Waals surface area contributed by atoms with Gasteiger partial charge in [-0.3, -0.25) is 24.6 Å². The number of para-hydroxylation sites is 1. The largest absolute Gasteiger partial charge is 0.492 e. The number of hydrogen-bond acceptors (Lipinski definition) is 11. The lowest BCUT2D eigenvalue weighted by Gasteiger charge is -2.47. The Morgan fingerprint density at radius 2 is 1.96 bits per heavy atom. The van der Waals surface area contributed by atoms with Crippen LogP contribution in [0.4, 0.5) is 4.79 Å². The molecule has 5 heterocycles. The topological polar surface area (TPSA) is 174 Å². The highest BCUT2D eigenvalue weighted by molar-refractivity contribution is 6.67. The summed E-state index contributed by atoms with van der Waals surface area (Å²) < 4.78 is 9.14. The maximum Gasteiger partial charge on any atom is 0.414 e. The van der Waals surface area contributed by atoms with E-state index in [1.165, 1.54) is 0 Å². The number of aliphatic imine (C=N–C) groups is 1. The molecule has 1 spiro atoms. The Kier molecular flexibility index (Phi) is 8.23. The number of nitrogens with zero attached hydrogens (tertiary/aromatic N) is 3. The van der Waals surface area contributed by atoms with Crippen LogP contribution in [0.5, 0.6) is 5.75 Å². The predicted octanol–water partition coefficient (Wildman–Crippen LogP) is 1.23. The van der Waals surface area contributed by atoms with Crippen molar-refractivity contribution >= 4 is 64.6 Å². The van der Waals surface area contributed by atoms with Crippen LogP contribution in [0, 0.1) is 0 Å². The first-order chi connectivity index (χ1) is 21.6. The highest BCUT2D eigenvalue weighted by atomic mass is 35.6. The van der Waals surface area contributed by atoms with Crippen molar-refractivity contribution in [1.82, 2.24) is 31.1 Å². The van der Waals surface area contributed by atoms with E-state index < -0.39 is 52.3 Å². The summed E-state index contributed by atoms with van der Waals surface area (Å²) in [6, 6.07) is 2.87. The van der Waals surface area contributed by atoms with Gasteiger partial charge in [0.1, 0.15) is 18.5 Å². The molecule has 14 nitrogen and oxygen atoms in total. The SMILES string of the molecule is C=C1N[C@H]2[C@H](CN3C(=O)CCC3=O)N=C(NC(=O)OCC(Cl)(Cl)Cl)N3C[C@H](NC(=O)c4cccc5c4OCCC5(C)C)[C@H](O)[C@]23N1. The number of carbonyl (C=O) groups excluding carboxylic acids is 4. The Bertz CT molecular complexity index is 1520. The van der Waals surface area contributed by atoms with Gasteiger partial charge in [0.2, 0.25) is 21.6 Å². The molecule has 1 aromatic rings. The Labute approximate surface area is 279 Å². The number of hydrogen-bond donors (Lipinski definition) is 5. The number of alkyl carbamates (subject to hydrolysis) is 1. The minimum atomic E-state index is -1.87. The van der Waals surface area contributed by atoms with Gasteiger partial charge in [0.05, 0.1) is 42.7 Å². The second-order valence-corrected chi connectivity index (χ2v) is 15.1. The second kappa shape index (κ2) is 11.7. The molecule has 0 saturated carbocycles. The number of likely N-dealkylation sites (tertiary alicyclic amines) is 1. The first-order valence-corrected chi connectivity index (χ1v) is 15.9. The first kappa shape index (κ1) is 32.5. The van der Waals surface area contributed by atoms with Gasteiger partial charge in [0, 0.05) is 24.9 Å². The normalized spacial score (nSPS) is 29.5. The van der Waals surface area contributed by atoms with E-state index in [4.69, 9.17) is 49.3 Å². The number of alkyl halides is 3. The number of guanidine groups is 1. The Balaban J connectivity index is 1.32. The molecule has 5 N–H and O–H groups in total. The van der Waals surface area contributed by atoms with Gasteiger partial charge in [-0.05, 0) is 17.9 Å². The number of aliphatic hydroxyl groups excluding tert-OH is 1. The van der Waals surface area contributed by atoms with Crippen LogP contribution in [0.3, 0.4) is 0 Å². The van der Waals surface area contributed by atoms with E-state index >= 15 is 0 Å². The minimum Gasteiger partial charge on any atom is -0.492 e. The van der Waals surface area contributed by atoms with E-state index in [0.717, 1.165) is 16.9 Å². The fraction of sp³-hybridized carbons (Fsp3) is 0.552. The van der Waals surface area contributed by atoms with E-state index in [9.17, 15) is 24.3 Å². The van der Waals surface area contributed by atoms with Crippen molar-refractivity contribution in [2.24, 2.45) is 4.99 Å². The van der Waals surface area contributed by atoms with Gasteiger partial charge >= 0.3 is 6.09 Å². The van der Waals surface area contributed by atoms with Crippen LogP contribution in [-0.4, -0.2) is 105 Å². The molecule has 0 bridgehead atoms. The molecule has 5 aliphatic heterocycles. The van der Waals surface area contributed by atoms with Crippen molar-refractivity contribution in [1.29, 1.82) is 0 Å². The molecule has 0 unspecified atom stereocenters. The molecule has 0 radical (unpaired) electrons. The number of rotatable bonds is 5. The zero-order valence-electron chi connectivity index (χ0n) is 25.1. The van der Waals surface area contributed by atoms with Crippen LogP contribution < -0.4 is 26.0 Å². The van der Waals surface area contributed by atoms with Crippen LogP contribution >= 0.6 is 34.8 Å². The van der Waals surface area contributed by atoms with Crippen LogP contribution in [-0.2, 0) is 19.7 Å². The molecule has 248 valence electrons. The summed E-state index contributed by atoms with van der Waals surface area (Å²) in [5.41, 5.74) is -0.393. The van der Waals surface area contributed by atoms with E-state index in [-0.39, 0.29) is 49.1 Å². The molecular weight excluding hydrogens is 665 g/mol. The standard InChI is InChI=1S/C29H34Cl3N7O7/c1-14-33-22-17(11-38-19(40)7-8-20(38)41)35-25(36-26(44)46-13-28(30,31)32)39-12-18(23(42)29(22,39)37-14)34-24(43)15-5-4-6-16-21(15)45-10-9-27(16,2)3/h4-6,17-18,22-23,33,37,42H,1,7-13H2,2-3H3,(H,34,43)(H,35,36,44)/t17-,18-,22-,23-,29-/m0/s1. The minimum absolute atomic E-state index is 0.0232. The number of ether oxygens (including phenoxy) is 2. The van der Waals surface area contributed by atoms with Crippen LogP contribution in [0.25, 0.3) is 0 Å². The molecule has 6 rings (SSSR count). The number of benzene rings is 1. The predicted molar refractivity (Wildman–Crippen MR) is 167 cm³/mol. The van der Waals surface area contributed by atoms with Gasteiger partial charge in [0.15, 0.2) is 5.66 Å². The molecule has 17 heteroatoms. The van der Waals surface area contributed by atoms with Gasteiger partial charge in [-0.25, -0.2) is 9.79 Å². The quantitative estimate of drug-likeness (QED) is 0.222. The van der Waals surface area contributed by atoms with Crippen molar-refractivity contribution in [3.8, 4) is 5.75 Å². The Morgan fingerprint density at radius 1 is 1.24 bits per heavy atom. The summed E-state index contributed by atoms with van der Waals surface area (Å²) in [5.74, 6) is -0.412. The van der Waals surface area contributed by atoms with E-state index in [0.29, 0.717) is 23.7 Å². The maximum absolute atomic E-state index is 13.8. The number of imide groups is 1. The van der Waals surface area contributed by atoms with Gasteiger partial charge in [-0.15, -0.1) is 0 Å². The number of aliphatic hydroxyl groups is 1. The van der Waals surface area contributed by atoms with Crippen molar-refractivity contribution in [2.45, 2.75) is 72.2 Å². The lowest BCUT2D eigenvalue weighted by atomic mass is 9.79. The van der Waals surface area contributed by atoms with Gasteiger partial charge in [-0.2, -0.15) is 0 Å². The summed E-state index contributed by atoms with van der Waals surface area (Å²) in [5, 5.41) is 23.9. The van der Waals surface area contributed by atoms with Crippen molar-refractivity contribution in [2.75, 3.05) is 26.3 Å². The summed E-state index contributed by atoms with van der Waals surface area (Å²) in [7, 11) is 0. The number of nitrogens with one attached hydrogen (secondary N) is 4. The number of halogens is 3. The monoisotopic (exact) mass is 697 g/mol. The van der Waals surface area contributed by atoms with E-state index in [1.54, 1.807) is 17.0 Å². The molecule has 5 aliphatic rings. The molecule has 46 heavy (non-hydrogen) atoms. The smallest absolute Gasteiger partial charge is 0.414 e. The number of amides is 4. The van der Waals surface area contributed by atoms with Gasteiger partial charge in [-0.1, -0.05) is 67.4 Å². The fourth-order valence-electron chi connectivity index (χ4n) is 6.87. The second-order valence-electron chi connectivity index (χ2n) is 12.6. The third-order valence-electron chi connectivity index (χ3n) is 9.13. The molecule has 4 amide bonds. The van der Waals surface area contributed by atoms with Crippen LogP contribution in [0.1, 0.15) is 49.0 Å². The number of carbonyl (C=O) groups is 4. The average Bonchev–Trinajstić information content (AvgIpc) is 3.59. The third-order valence-corrected chi connectivity index (χ3v) is 9.45. The molecule has 0 aromatic heterocycles. The molecule has 5 atom stereocenters. The van der Waals surface area contributed by atoms with Crippen molar-refractivity contribution in [3.63, 3.8) is 0 Å². The summed E-state index contributed by atoms with van der Waals surface area (Å²) in [6.07, 6.45) is -1.38.